The minimum atomic E-state index is 0.837. The van der Waals surface area contributed by atoms with Gasteiger partial charge in [-0.15, -0.1) is 11.3 Å². The maximum atomic E-state index is 4.73. The van der Waals surface area contributed by atoms with E-state index in [9.17, 15) is 0 Å². The molecular formula is C19H21N3S. The first kappa shape index (κ1) is 14.6. The van der Waals surface area contributed by atoms with Crippen LogP contribution in [0.25, 0.3) is 10.2 Å². The third kappa shape index (κ3) is 2.51. The molecule has 3 aromatic rings. The predicted octanol–water partition coefficient (Wildman–Crippen LogP) is 5.24. The molecule has 1 aliphatic carbocycles. The van der Waals surface area contributed by atoms with Crippen molar-refractivity contribution in [1.29, 1.82) is 0 Å². The molecule has 4 rings (SSSR count). The number of hydrogen-bond acceptors (Lipinski definition) is 4. The van der Waals surface area contributed by atoms with Crippen LogP contribution in [0.1, 0.15) is 40.2 Å². The molecule has 2 heterocycles. The average Bonchev–Trinajstić information content (AvgIpc) is 2.89. The summed E-state index contributed by atoms with van der Waals surface area (Å²) in [7, 11) is 0. The molecule has 1 N–H and O–H groups in total. The molecule has 0 bridgehead atoms. The van der Waals surface area contributed by atoms with Crippen LogP contribution >= 0.6 is 11.3 Å². The second-order valence-corrected chi connectivity index (χ2v) is 7.47. The van der Waals surface area contributed by atoms with Crippen LogP contribution in [0.15, 0.2) is 18.2 Å². The van der Waals surface area contributed by atoms with E-state index in [2.05, 4.69) is 37.4 Å². The largest absolute Gasteiger partial charge is 0.339 e. The molecule has 3 nitrogen and oxygen atoms in total. The van der Waals surface area contributed by atoms with E-state index in [0.717, 1.165) is 28.6 Å². The summed E-state index contributed by atoms with van der Waals surface area (Å²) >= 11 is 1.85. The van der Waals surface area contributed by atoms with Gasteiger partial charge >= 0.3 is 0 Å². The SMILES string of the molecule is Cc1nc(Nc2cccc(C)c2C)c2c3c(sc2n1)CCCC3. The van der Waals surface area contributed by atoms with Crippen LogP contribution in [0.4, 0.5) is 11.5 Å². The van der Waals surface area contributed by atoms with Crippen molar-refractivity contribution in [3.05, 3.63) is 45.6 Å². The fraction of sp³-hybridized carbons (Fsp3) is 0.368. The van der Waals surface area contributed by atoms with Crippen LogP contribution in [-0.4, -0.2) is 9.97 Å². The molecule has 0 fully saturated rings. The molecule has 0 atom stereocenters. The molecule has 0 aliphatic heterocycles. The predicted molar refractivity (Wildman–Crippen MR) is 98.0 cm³/mol. The normalized spacial score (nSPS) is 14.0. The summed E-state index contributed by atoms with van der Waals surface area (Å²) in [6, 6.07) is 6.37. The summed E-state index contributed by atoms with van der Waals surface area (Å²) in [6.45, 7) is 6.28. The van der Waals surface area contributed by atoms with E-state index >= 15 is 0 Å². The van der Waals surface area contributed by atoms with Crippen LogP contribution in [0.3, 0.4) is 0 Å². The maximum Gasteiger partial charge on any atom is 0.143 e. The highest BCUT2D eigenvalue weighted by Crippen LogP contribution is 2.39. The minimum Gasteiger partial charge on any atom is -0.339 e. The second kappa shape index (κ2) is 5.60. The topological polar surface area (TPSA) is 37.8 Å². The van der Waals surface area contributed by atoms with Crippen molar-refractivity contribution in [2.45, 2.75) is 46.5 Å². The number of fused-ring (bicyclic) bond motifs is 3. The molecular weight excluding hydrogens is 302 g/mol. The Morgan fingerprint density at radius 3 is 2.74 bits per heavy atom. The Kier molecular flexibility index (Phi) is 3.57. The van der Waals surface area contributed by atoms with Crippen molar-refractivity contribution in [2.75, 3.05) is 5.32 Å². The number of rotatable bonds is 2. The summed E-state index contributed by atoms with van der Waals surface area (Å²) in [5.41, 5.74) is 5.19. The van der Waals surface area contributed by atoms with E-state index in [-0.39, 0.29) is 0 Å². The molecule has 0 saturated heterocycles. The van der Waals surface area contributed by atoms with E-state index in [1.807, 2.05) is 18.3 Å². The van der Waals surface area contributed by atoms with Gasteiger partial charge in [0.05, 0.1) is 5.39 Å². The zero-order valence-corrected chi connectivity index (χ0v) is 14.7. The summed E-state index contributed by atoms with van der Waals surface area (Å²) in [5.74, 6) is 1.81. The van der Waals surface area contributed by atoms with Crippen LogP contribution in [0, 0.1) is 20.8 Å². The zero-order valence-electron chi connectivity index (χ0n) is 13.9. The molecule has 0 radical (unpaired) electrons. The van der Waals surface area contributed by atoms with Gasteiger partial charge in [-0.1, -0.05) is 12.1 Å². The van der Waals surface area contributed by atoms with Crippen LogP contribution < -0.4 is 5.32 Å². The van der Waals surface area contributed by atoms with E-state index < -0.39 is 0 Å². The third-order valence-electron chi connectivity index (χ3n) is 4.78. The van der Waals surface area contributed by atoms with Gasteiger partial charge in [0.15, 0.2) is 0 Å². The number of nitrogens with zero attached hydrogens (tertiary/aromatic N) is 2. The highest BCUT2D eigenvalue weighted by atomic mass is 32.1. The number of hydrogen-bond donors (Lipinski definition) is 1. The van der Waals surface area contributed by atoms with Crippen molar-refractivity contribution >= 4 is 33.1 Å². The molecule has 118 valence electrons. The molecule has 1 aromatic carbocycles. The molecule has 0 unspecified atom stereocenters. The molecule has 4 heteroatoms. The number of benzene rings is 1. The van der Waals surface area contributed by atoms with Crippen LogP contribution in [0.2, 0.25) is 0 Å². The fourth-order valence-electron chi connectivity index (χ4n) is 3.37. The van der Waals surface area contributed by atoms with Gasteiger partial charge in [-0.2, -0.15) is 0 Å². The maximum absolute atomic E-state index is 4.73. The zero-order chi connectivity index (χ0) is 16.0. The van der Waals surface area contributed by atoms with Gasteiger partial charge in [0.2, 0.25) is 0 Å². The third-order valence-corrected chi connectivity index (χ3v) is 5.97. The van der Waals surface area contributed by atoms with Gasteiger partial charge in [-0.05, 0) is 69.2 Å². The first-order valence-corrected chi connectivity index (χ1v) is 9.07. The molecule has 0 saturated carbocycles. The number of thiophene rings is 1. The van der Waals surface area contributed by atoms with Crippen LogP contribution in [0.5, 0.6) is 0 Å². The highest BCUT2D eigenvalue weighted by Gasteiger charge is 2.20. The Hall–Kier alpha value is -1.94. The smallest absolute Gasteiger partial charge is 0.143 e. The standard InChI is InChI=1S/C19H21N3S/c1-11-7-6-9-15(12(11)2)22-18-17-14-8-4-5-10-16(14)23-19(17)21-13(3)20-18/h6-7,9H,4-5,8,10H2,1-3H3,(H,20,21,22). The van der Waals surface area contributed by atoms with Gasteiger partial charge in [0, 0.05) is 10.6 Å². The minimum absolute atomic E-state index is 0.837. The van der Waals surface area contributed by atoms with E-state index in [1.165, 1.54) is 46.2 Å². The summed E-state index contributed by atoms with van der Waals surface area (Å²) < 4.78 is 0. The fourth-order valence-corrected chi connectivity index (χ4v) is 4.68. The van der Waals surface area contributed by atoms with Crippen LogP contribution in [-0.2, 0) is 12.8 Å². The Labute approximate surface area is 140 Å². The molecule has 1 aliphatic rings. The molecule has 0 spiro atoms. The summed E-state index contributed by atoms with van der Waals surface area (Å²) in [5, 5.41) is 4.84. The van der Waals surface area contributed by atoms with Gasteiger partial charge < -0.3 is 5.32 Å². The highest BCUT2D eigenvalue weighted by molar-refractivity contribution is 7.19. The Balaban J connectivity index is 1.89. The number of nitrogens with one attached hydrogen (secondary N) is 1. The molecule has 0 amide bonds. The lowest BCUT2D eigenvalue weighted by Crippen LogP contribution is -2.03. The number of anilines is 2. The number of aromatic nitrogens is 2. The van der Waals surface area contributed by atoms with Gasteiger partial charge in [0.25, 0.3) is 0 Å². The lowest BCUT2D eigenvalue weighted by atomic mass is 9.97. The monoisotopic (exact) mass is 323 g/mol. The quantitative estimate of drug-likeness (QED) is 0.701. The van der Waals surface area contributed by atoms with E-state index in [1.54, 1.807) is 0 Å². The van der Waals surface area contributed by atoms with Crippen molar-refractivity contribution < 1.29 is 0 Å². The number of aryl methyl sites for hydroxylation is 4. The van der Waals surface area contributed by atoms with E-state index in [0.29, 0.717) is 0 Å². The Morgan fingerprint density at radius 2 is 1.87 bits per heavy atom. The van der Waals surface area contributed by atoms with E-state index in [4.69, 9.17) is 9.97 Å². The van der Waals surface area contributed by atoms with Crippen molar-refractivity contribution in [2.24, 2.45) is 0 Å². The lowest BCUT2D eigenvalue weighted by molar-refractivity contribution is 0.700. The lowest BCUT2D eigenvalue weighted by Gasteiger charge is -2.14. The van der Waals surface area contributed by atoms with Gasteiger partial charge in [0.1, 0.15) is 16.5 Å². The molecule has 23 heavy (non-hydrogen) atoms. The van der Waals surface area contributed by atoms with Gasteiger partial charge in [-0.3, -0.25) is 0 Å². The van der Waals surface area contributed by atoms with Crippen molar-refractivity contribution in [1.82, 2.24) is 9.97 Å². The second-order valence-electron chi connectivity index (χ2n) is 6.38. The van der Waals surface area contributed by atoms with Gasteiger partial charge in [-0.25, -0.2) is 9.97 Å². The Morgan fingerprint density at radius 1 is 1.04 bits per heavy atom. The Bertz CT molecular complexity index is 895. The first-order valence-electron chi connectivity index (χ1n) is 8.25. The summed E-state index contributed by atoms with van der Waals surface area (Å²) in [4.78, 5) is 12.1. The molecule has 2 aromatic heterocycles. The summed E-state index contributed by atoms with van der Waals surface area (Å²) in [6.07, 6.45) is 4.92. The average molecular weight is 323 g/mol. The van der Waals surface area contributed by atoms with Crippen molar-refractivity contribution in [3.63, 3.8) is 0 Å². The first-order chi connectivity index (χ1) is 11.1. The van der Waals surface area contributed by atoms with Crippen molar-refractivity contribution in [3.8, 4) is 0 Å².